The number of hydrogen-bond acceptors (Lipinski definition) is 3. The first-order chi connectivity index (χ1) is 9.51. The van der Waals surface area contributed by atoms with E-state index in [2.05, 4.69) is 5.32 Å². The number of halogens is 3. The number of benzene rings is 2. The van der Waals surface area contributed by atoms with Gasteiger partial charge >= 0.3 is 0 Å². The van der Waals surface area contributed by atoms with Crippen molar-refractivity contribution in [3.8, 4) is 11.8 Å². The Bertz CT molecular complexity index is 675. The Labute approximate surface area is 119 Å². The summed E-state index contributed by atoms with van der Waals surface area (Å²) in [7, 11) is 0. The van der Waals surface area contributed by atoms with Gasteiger partial charge in [0.25, 0.3) is 0 Å². The molecule has 0 radical (unpaired) electrons. The van der Waals surface area contributed by atoms with E-state index in [0.29, 0.717) is 21.8 Å². The average molecular weight is 295 g/mol. The molecular formula is C14H9ClF2N2O. The van der Waals surface area contributed by atoms with E-state index in [1.165, 1.54) is 6.07 Å². The molecule has 0 aliphatic carbocycles. The second-order valence-electron chi connectivity index (χ2n) is 4.07. The number of rotatable bonds is 3. The summed E-state index contributed by atoms with van der Waals surface area (Å²) in [6, 6.07) is 8.67. The van der Waals surface area contributed by atoms with Gasteiger partial charge in [-0.05, 0) is 35.9 Å². The number of nitriles is 1. The fraction of sp³-hybridized carbons (Fsp3) is 0.0714. The van der Waals surface area contributed by atoms with Gasteiger partial charge in [-0.15, -0.1) is 0 Å². The van der Waals surface area contributed by atoms with Crippen molar-refractivity contribution in [3.63, 3.8) is 0 Å². The summed E-state index contributed by atoms with van der Waals surface area (Å²) >= 11 is 5.95. The van der Waals surface area contributed by atoms with Gasteiger partial charge in [0.15, 0.2) is 17.4 Å². The maximum Gasteiger partial charge on any atom is 0.187 e. The minimum Gasteiger partial charge on any atom is -0.503 e. The molecule has 0 saturated heterocycles. The lowest BCUT2D eigenvalue weighted by Gasteiger charge is -2.09. The van der Waals surface area contributed by atoms with Crippen LogP contribution < -0.4 is 5.32 Å². The molecule has 0 aliphatic rings. The monoisotopic (exact) mass is 294 g/mol. The van der Waals surface area contributed by atoms with E-state index in [-0.39, 0.29) is 6.54 Å². The number of nitrogens with zero attached hydrogens (tertiary/aromatic N) is 1. The Morgan fingerprint density at radius 3 is 2.45 bits per heavy atom. The zero-order valence-electron chi connectivity index (χ0n) is 10.1. The topological polar surface area (TPSA) is 56.0 Å². The third-order valence-electron chi connectivity index (χ3n) is 2.66. The predicted octanol–water partition coefficient (Wildman–Crippen LogP) is 3.81. The summed E-state index contributed by atoms with van der Waals surface area (Å²) in [5.41, 5.74) is 1.20. The van der Waals surface area contributed by atoms with E-state index in [1.54, 1.807) is 12.1 Å². The highest BCUT2D eigenvalue weighted by Crippen LogP contribution is 2.25. The highest BCUT2D eigenvalue weighted by molar-refractivity contribution is 6.33. The molecule has 2 aromatic rings. The lowest BCUT2D eigenvalue weighted by atomic mass is 10.1. The zero-order valence-corrected chi connectivity index (χ0v) is 10.9. The van der Waals surface area contributed by atoms with E-state index in [1.807, 2.05) is 6.07 Å². The van der Waals surface area contributed by atoms with Crippen LogP contribution in [0.3, 0.4) is 0 Å². The van der Waals surface area contributed by atoms with Crippen molar-refractivity contribution in [2.24, 2.45) is 0 Å². The minimum atomic E-state index is -1.03. The minimum absolute atomic E-state index is 0.0999. The van der Waals surface area contributed by atoms with E-state index in [9.17, 15) is 8.78 Å². The van der Waals surface area contributed by atoms with Crippen LogP contribution in [-0.2, 0) is 6.54 Å². The molecule has 0 spiro atoms. The van der Waals surface area contributed by atoms with Crippen molar-refractivity contribution in [3.05, 3.63) is 58.1 Å². The maximum absolute atomic E-state index is 13.2. The summed E-state index contributed by atoms with van der Waals surface area (Å²) < 4.78 is 26.4. The highest BCUT2D eigenvalue weighted by atomic mass is 35.5. The van der Waals surface area contributed by atoms with E-state index >= 15 is 0 Å². The first-order valence-corrected chi connectivity index (χ1v) is 5.99. The van der Waals surface area contributed by atoms with Gasteiger partial charge in [0.05, 0.1) is 22.3 Å². The summed E-state index contributed by atoms with van der Waals surface area (Å²) in [6.07, 6.45) is 0. The largest absolute Gasteiger partial charge is 0.503 e. The summed E-state index contributed by atoms with van der Waals surface area (Å²) in [5.74, 6) is -3.06. The van der Waals surface area contributed by atoms with E-state index < -0.39 is 17.4 Å². The molecule has 0 heterocycles. The Kier molecular flexibility index (Phi) is 4.06. The van der Waals surface area contributed by atoms with Gasteiger partial charge in [-0.1, -0.05) is 11.6 Å². The number of nitrogens with one attached hydrogen (secondary N) is 1. The molecule has 2 rings (SSSR count). The van der Waals surface area contributed by atoms with Crippen molar-refractivity contribution in [1.29, 1.82) is 5.26 Å². The van der Waals surface area contributed by atoms with Crippen LogP contribution in [0.5, 0.6) is 5.75 Å². The molecule has 20 heavy (non-hydrogen) atoms. The average Bonchev–Trinajstić information content (AvgIpc) is 2.43. The molecule has 102 valence electrons. The molecular weight excluding hydrogens is 286 g/mol. The first kappa shape index (κ1) is 14.1. The van der Waals surface area contributed by atoms with Crippen LogP contribution in [0.4, 0.5) is 14.5 Å². The molecule has 0 saturated carbocycles. The smallest absolute Gasteiger partial charge is 0.187 e. The van der Waals surface area contributed by atoms with Gasteiger partial charge in [0.2, 0.25) is 0 Å². The van der Waals surface area contributed by atoms with Crippen molar-refractivity contribution in [2.75, 3.05) is 5.32 Å². The zero-order chi connectivity index (χ0) is 14.7. The standard InChI is InChI=1S/C14H9ClF2N2O/c15-10-2-1-8(6-18)5-13(10)19-7-9-3-11(16)14(20)12(17)4-9/h1-5,19-20H,7H2. The Balaban J connectivity index is 2.19. The molecule has 0 atom stereocenters. The van der Waals surface area contributed by atoms with Crippen LogP contribution in [0.15, 0.2) is 30.3 Å². The van der Waals surface area contributed by atoms with Crippen LogP contribution in [0.1, 0.15) is 11.1 Å². The fourth-order valence-corrected chi connectivity index (χ4v) is 1.83. The second-order valence-corrected chi connectivity index (χ2v) is 4.48. The number of hydrogen-bond donors (Lipinski definition) is 2. The molecule has 3 nitrogen and oxygen atoms in total. The molecule has 0 aliphatic heterocycles. The van der Waals surface area contributed by atoms with Crippen molar-refractivity contribution in [1.82, 2.24) is 0 Å². The van der Waals surface area contributed by atoms with Gasteiger partial charge in [0, 0.05) is 6.54 Å². The summed E-state index contributed by atoms with van der Waals surface area (Å²) in [6.45, 7) is 0.0999. The summed E-state index contributed by atoms with van der Waals surface area (Å²) in [4.78, 5) is 0. The molecule has 0 amide bonds. The molecule has 0 fully saturated rings. The van der Waals surface area contributed by atoms with Crippen LogP contribution in [0.25, 0.3) is 0 Å². The van der Waals surface area contributed by atoms with E-state index in [4.69, 9.17) is 22.0 Å². The lowest BCUT2D eigenvalue weighted by molar-refractivity contribution is 0.395. The summed E-state index contributed by atoms with van der Waals surface area (Å²) in [5, 5.41) is 21.1. The van der Waals surface area contributed by atoms with E-state index in [0.717, 1.165) is 12.1 Å². The van der Waals surface area contributed by atoms with Gasteiger partial charge in [0.1, 0.15) is 0 Å². The van der Waals surface area contributed by atoms with Crippen molar-refractivity contribution >= 4 is 17.3 Å². The number of aromatic hydroxyl groups is 1. The van der Waals surface area contributed by atoms with Gasteiger partial charge in [-0.3, -0.25) is 0 Å². The van der Waals surface area contributed by atoms with Gasteiger partial charge in [-0.2, -0.15) is 5.26 Å². The van der Waals surface area contributed by atoms with Crippen molar-refractivity contribution < 1.29 is 13.9 Å². The SMILES string of the molecule is N#Cc1ccc(Cl)c(NCc2cc(F)c(O)c(F)c2)c1. The van der Waals surface area contributed by atoms with Crippen LogP contribution in [0.2, 0.25) is 5.02 Å². The Morgan fingerprint density at radius 2 is 1.85 bits per heavy atom. The molecule has 2 N–H and O–H groups in total. The van der Waals surface area contributed by atoms with Crippen LogP contribution in [0, 0.1) is 23.0 Å². The number of anilines is 1. The van der Waals surface area contributed by atoms with Crippen LogP contribution >= 0.6 is 11.6 Å². The number of phenols is 1. The first-order valence-electron chi connectivity index (χ1n) is 5.61. The Morgan fingerprint density at radius 1 is 1.20 bits per heavy atom. The molecule has 0 unspecified atom stereocenters. The number of phenolic OH excluding ortho intramolecular Hbond substituents is 1. The second kappa shape index (κ2) is 5.76. The molecule has 0 bridgehead atoms. The highest BCUT2D eigenvalue weighted by Gasteiger charge is 2.10. The molecule has 2 aromatic carbocycles. The maximum atomic E-state index is 13.2. The quantitative estimate of drug-likeness (QED) is 0.905. The molecule has 6 heteroatoms. The third kappa shape index (κ3) is 2.98. The van der Waals surface area contributed by atoms with Crippen molar-refractivity contribution in [2.45, 2.75) is 6.54 Å². The predicted molar refractivity (Wildman–Crippen MR) is 71.5 cm³/mol. The Hall–Kier alpha value is -2.32. The molecule has 0 aromatic heterocycles. The fourth-order valence-electron chi connectivity index (χ4n) is 1.65. The van der Waals surface area contributed by atoms with Gasteiger partial charge in [-0.25, -0.2) is 8.78 Å². The normalized spacial score (nSPS) is 10.1. The van der Waals surface area contributed by atoms with Gasteiger partial charge < -0.3 is 10.4 Å². The third-order valence-corrected chi connectivity index (χ3v) is 2.98. The van der Waals surface area contributed by atoms with Crippen LogP contribution in [-0.4, -0.2) is 5.11 Å². The lowest BCUT2D eigenvalue weighted by Crippen LogP contribution is -2.01.